The SMILES string of the molecule is C=CCC(C)C1CC1C(C)C(C)CCCC(=C)C. The molecule has 0 nitrogen and oxygen atoms in total. The maximum Gasteiger partial charge on any atom is -0.0325 e. The third-order valence-electron chi connectivity index (χ3n) is 5.00. The summed E-state index contributed by atoms with van der Waals surface area (Å²) in [6.07, 6.45) is 8.63. The first kappa shape index (κ1) is 15.5. The van der Waals surface area contributed by atoms with E-state index in [-0.39, 0.29) is 0 Å². The zero-order chi connectivity index (χ0) is 13.7. The summed E-state index contributed by atoms with van der Waals surface area (Å²) >= 11 is 0. The molecule has 0 radical (unpaired) electrons. The zero-order valence-electron chi connectivity index (χ0n) is 12.9. The minimum Gasteiger partial charge on any atom is -0.103 e. The van der Waals surface area contributed by atoms with Gasteiger partial charge in [-0.25, -0.2) is 0 Å². The first-order chi connectivity index (χ1) is 8.47. The number of rotatable bonds is 9. The molecule has 0 saturated heterocycles. The lowest BCUT2D eigenvalue weighted by atomic mass is 9.84. The predicted octanol–water partition coefficient (Wildman–Crippen LogP) is 5.85. The van der Waals surface area contributed by atoms with Gasteiger partial charge in [0.2, 0.25) is 0 Å². The van der Waals surface area contributed by atoms with Crippen molar-refractivity contribution in [3.05, 3.63) is 24.8 Å². The fourth-order valence-corrected chi connectivity index (χ4v) is 3.34. The second-order valence-corrected chi connectivity index (χ2v) is 6.75. The summed E-state index contributed by atoms with van der Waals surface area (Å²) in [5.41, 5.74) is 1.33. The van der Waals surface area contributed by atoms with Crippen LogP contribution < -0.4 is 0 Å². The smallest absolute Gasteiger partial charge is 0.0325 e. The standard InChI is InChI=1S/C18H32/c1-7-9-15(5)17-12-18(17)16(6)14(4)11-8-10-13(2)3/h7,14-18H,1-2,8-12H2,3-6H3. The largest absolute Gasteiger partial charge is 0.103 e. The summed E-state index contributed by atoms with van der Waals surface area (Å²) in [4.78, 5) is 0. The Morgan fingerprint density at radius 2 is 1.94 bits per heavy atom. The fourth-order valence-electron chi connectivity index (χ4n) is 3.34. The Morgan fingerprint density at radius 3 is 2.50 bits per heavy atom. The average molecular weight is 248 g/mol. The summed E-state index contributed by atoms with van der Waals surface area (Å²) in [5, 5.41) is 0. The lowest BCUT2D eigenvalue weighted by Crippen LogP contribution is -2.13. The molecule has 1 rings (SSSR count). The van der Waals surface area contributed by atoms with Crippen molar-refractivity contribution >= 4 is 0 Å². The number of allylic oxidation sites excluding steroid dienone is 2. The molecule has 0 bridgehead atoms. The summed E-state index contributed by atoms with van der Waals surface area (Å²) in [7, 11) is 0. The fraction of sp³-hybridized carbons (Fsp3) is 0.778. The summed E-state index contributed by atoms with van der Waals surface area (Å²) < 4.78 is 0. The van der Waals surface area contributed by atoms with Gasteiger partial charge in [0, 0.05) is 0 Å². The third-order valence-corrected chi connectivity index (χ3v) is 5.00. The molecular formula is C18H32. The van der Waals surface area contributed by atoms with Crippen LogP contribution in [0.1, 0.15) is 59.8 Å². The van der Waals surface area contributed by atoms with Gasteiger partial charge in [-0.15, -0.1) is 13.2 Å². The van der Waals surface area contributed by atoms with Crippen LogP contribution >= 0.6 is 0 Å². The highest BCUT2D eigenvalue weighted by Crippen LogP contribution is 2.52. The quantitative estimate of drug-likeness (QED) is 0.449. The van der Waals surface area contributed by atoms with E-state index in [0.29, 0.717) is 0 Å². The molecular weight excluding hydrogens is 216 g/mol. The van der Waals surface area contributed by atoms with Crippen molar-refractivity contribution in [1.29, 1.82) is 0 Å². The molecule has 0 aliphatic heterocycles. The van der Waals surface area contributed by atoms with Crippen LogP contribution in [-0.4, -0.2) is 0 Å². The monoisotopic (exact) mass is 248 g/mol. The first-order valence-corrected chi connectivity index (χ1v) is 7.72. The lowest BCUT2D eigenvalue weighted by molar-refractivity contribution is 0.293. The Bertz CT molecular complexity index is 276. The first-order valence-electron chi connectivity index (χ1n) is 7.72. The summed E-state index contributed by atoms with van der Waals surface area (Å²) in [6.45, 7) is 17.3. The van der Waals surface area contributed by atoms with Crippen LogP contribution in [0.2, 0.25) is 0 Å². The molecule has 1 aliphatic rings. The molecule has 0 amide bonds. The minimum absolute atomic E-state index is 0.845. The van der Waals surface area contributed by atoms with E-state index in [1.54, 1.807) is 0 Å². The molecule has 0 aromatic carbocycles. The van der Waals surface area contributed by atoms with Gasteiger partial charge in [0.05, 0.1) is 0 Å². The van der Waals surface area contributed by atoms with E-state index in [9.17, 15) is 0 Å². The highest BCUT2D eigenvalue weighted by Gasteiger charge is 2.44. The third kappa shape index (κ3) is 4.63. The minimum atomic E-state index is 0.845. The van der Waals surface area contributed by atoms with Crippen molar-refractivity contribution in [3.8, 4) is 0 Å². The molecule has 1 aliphatic carbocycles. The molecule has 0 aromatic heterocycles. The number of hydrogen-bond donors (Lipinski definition) is 0. The van der Waals surface area contributed by atoms with Crippen LogP contribution in [0.15, 0.2) is 24.8 Å². The van der Waals surface area contributed by atoms with Crippen molar-refractivity contribution in [2.75, 3.05) is 0 Å². The highest BCUT2D eigenvalue weighted by atomic mass is 14.5. The van der Waals surface area contributed by atoms with Gasteiger partial charge in [-0.05, 0) is 62.2 Å². The highest BCUT2D eigenvalue weighted by molar-refractivity contribution is 4.95. The Hall–Kier alpha value is -0.520. The van der Waals surface area contributed by atoms with E-state index in [0.717, 1.165) is 29.6 Å². The molecule has 0 aromatic rings. The Labute approximate surface area is 115 Å². The average Bonchev–Trinajstić information content (AvgIpc) is 3.07. The van der Waals surface area contributed by atoms with Crippen molar-refractivity contribution in [2.24, 2.45) is 29.6 Å². The molecule has 5 unspecified atom stereocenters. The van der Waals surface area contributed by atoms with Crippen molar-refractivity contribution in [2.45, 2.75) is 59.8 Å². The zero-order valence-corrected chi connectivity index (χ0v) is 12.9. The summed E-state index contributed by atoms with van der Waals surface area (Å²) in [5.74, 6) is 4.57. The van der Waals surface area contributed by atoms with Crippen LogP contribution in [-0.2, 0) is 0 Å². The van der Waals surface area contributed by atoms with E-state index in [4.69, 9.17) is 0 Å². The molecule has 18 heavy (non-hydrogen) atoms. The Kier molecular flexibility index (Phi) is 6.18. The van der Waals surface area contributed by atoms with Gasteiger partial charge >= 0.3 is 0 Å². The Balaban J connectivity index is 2.26. The van der Waals surface area contributed by atoms with Crippen LogP contribution in [0.25, 0.3) is 0 Å². The second-order valence-electron chi connectivity index (χ2n) is 6.75. The topological polar surface area (TPSA) is 0 Å². The molecule has 104 valence electrons. The van der Waals surface area contributed by atoms with E-state index in [2.05, 4.69) is 46.9 Å². The van der Waals surface area contributed by atoms with Crippen LogP contribution in [0.5, 0.6) is 0 Å². The van der Waals surface area contributed by atoms with Gasteiger partial charge in [-0.3, -0.25) is 0 Å². The molecule has 1 fully saturated rings. The molecule has 0 heterocycles. The van der Waals surface area contributed by atoms with Crippen molar-refractivity contribution < 1.29 is 0 Å². The molecule has 0 heteroatoms. The second kappa shape index (κ2) is 7.16. The predicted molar refractivity (Wildman–Crippen MR) is 82.6 cm³/mol. The van der Waals surface area contributed by atoms with E-state index < -0.39 is 0 Å². The van der Waals surface area contributed by atoms with Gasteiger partial charge in [-0.1, -0.05) is 38.8 Å². The van der Waals surface area contributed by atoms with Gasteiger partial charge in [0.15, 0.2) is 0 Å². The van der Waals surface area contributed by atoms with Gasteiger partial charge in [0.25, 0.3) is 0 Å². The van der Waals surface area contributed by atoms with Gasteiger partial charge in [-0.2, -0.15) is 0 Å². The van der Waals surface area contributed by atoms with Gasteiger partial charge < -0.3 is 0 Å². The van der Waals surface area contributed by atoms with Crippen molar-refractivity contribution in [3.63, 3.8) is 0 Å². The molecule has 1 saturated carbocycles. The van der Waals surface area contributed by atoms with Crippen LogP contribution in [0.3, 0.4) is 0 Å². The molecule has 0 N–H and O–H groups in total. The lowest BCUT2D eigenvalue weighted by Gasteiger charge is -2.21. The maximum absolute atomic E-state index is 3.99. The Morgan fingerprint density at radius 1 is 1.28 bits per heavy atom. The van der Waals surface area contributed by atoms with E-state index in [1.165, 1.54) is 37.7 Å². The summed E-state index contributed by atoms with van der Waals surface area (Å²) in [6, 6.07) is 0. The molecule has 5 atom stereocenters. The van der Waals surface area contributed by atoms with Gasteiger partial charge in [0.1, 0.15) is 0 Å². The number of hydrogen-bond acceptors (Lipinski definition) is 0. The van der Waals surface area contributed by atoms with E-state index in [1.807, 2.05) is 0 Å². The molecule has 0 spiro atoms. The van der Waals surface area contributed by atoms with Crippen molar-refractivity contribution in [1.82, 2.24) is 0 Å². The van der Waals surface area contributed by atoms with Crippen LogP contribution in [0, 0.1) is 29.6 Å². The maximum atomic E-state index is 3.99. The van der Waals surface area contributed by atoms with E-state index >= 15 is 0 Å². The van der Waals surface area contributed by atoms with Crippen LogP contribution in [0.4, 0.5) is 0 Å². The normalized spacial score (nSPS) is 27.3.